The van der Waals surface area contributed by atoms with Crippen LogP contribution in [0.25, 0.3) is 17.0 Å². The normalized spacial score (nSPS) is 17.9. The maximum Gasteiger partial charge on any atom is 0.334 e. The van der Waals surface area contributed by atoms with E-state index < -0.39 is 0 Å². The molecule has 1 atom stereocenters. The molecule has 1 saturated heterocycles. The lowest BCUT2D eigenvalue weighted by atomic mass is 9.97. The summed E-state index contributed by atoms with van der Waals surface area (Å²) in [6, 6.07) is 13.8. The van der Waals surface area contributed by atoms with Crippen LogP contribution in [0.4, 0.5) is 0 Å². The van der Waals surface area contributed by atoms with E-state index in [0.717, 1.165) is 16.5 Å². The minimum Gasteiger partial charge on any atom is -0.494 e. The molecule has 0 amide bonds. The molecule has 1 unspecified atom stereocenters. The summed E-state index contributed by atoms with van der Waals surface area (Å²) >= 11 is 6.39. The first kappa shape index (κ1) is 18.5. The molecule has 2 aromatic carbocycles. The van der Waals surface area contributed by atoms with Gasteiger partial charge in [0.25, 0.3) is 0 Å². The highest BCUT2D eigenvalue weighted by atomic mass is 35.5. The Kier molecular flexibility index (Phi) is 4.82. The molecule has 2 heterocycles. The number of carbonyl (C=O) groups is 1. The summed E-state index contributed by atoms with van der Waals surface area (Å²) in [5.74, 6) is 0.348. The van der Waals surface area contributed by atoms with Crippen molar-refractivity contribution in [2.45, 2.75) is 26.4 Å². The Morgan fingerprint density at radius 3 is 2.79 bits per heavy atom. The van der Waals surface area contributed by atoms with Gasteiger partial charge in [-0.2, -0.15) is 0 Å². The number of cyclic esters (lactones) is 1. The number of nitrogens with zero attached hydrogens (tertiary/aromatic N) is 1. The molecule has 142 valence electrons. The van der Waals surface area contributed by atoms with E-state index >= 15 is 0 Å². The van der Waals surface area contributed by atoms with Crippen LogP contribution in [-0.2, 0) is 9.53 Å². The van der Waals surface area contributed by atoms with E-state index in [9.17, 15) is 4.79 Å². The number of hydrogen-bond acceptors (Lipinski definition) is 4. The number of aromatic nitrogens is 1. The quantitative estimate of drug-likeness (QED) is 0.331. The summed E-state index contributed by atoms with van der Waals surface area (Å²) in [6.45, 7) is 4.09. The molecular formula is C23H20ClNO3. The first-order valence-corrected chi connectivity index (χ1v) is 9.46. The lowest BCUT2D eigenvalue weighted by molar-refractivity contribution is -0.139. The van der Waals surface area contributed by atoms with Crippen molar-refractivity contribution in [2.24, 2.45) is 0 Å². The summed E-state index contributed by atoms with van der Waals surface area (Å²) in [5.41, 5.74) is 5.32. The molecule has 1 aliphatic rings. The third-order valence-electron chi connectivity index (χ3n) is 5.03. The Balaban J connectivity index is 1.69. The number of rotatable bonds is 3. The van der Waals surface area contributed by atoms with Gasteiger partial charge in [0.15, 0.2) is 0 Å². The molecule has 4 rings (SSSR count). The van der Waals surface area contributed by atoms with E-state index in [1.165, 1.54) is 5.56 Å². The van der Waals surface area contributed by atoms with E-state index in [4.69, 9.17) is 21.1 Å². The average molecular weight is 394 g/mol. The molecule has 3 aromatic rings. The predicted octanol–water partition coefficient (Wildman–Crippen LogP) is 5.59. The van der Waals surface area contributed by atoms with Crippen molar-refractivity contribution in [1.82, 2.24) is 4.98 Å². The highest BCUT2D eigenvalue weighted by molar-refractivity contribution is 6.31. The average Bonchev–Trinajstić information content (AvgIpc) is 3.02. The maximum atomic E-state index is 12.4. The van der Waals surface area contributed by atoms with Crippen molar-refractivity contribution >= 4 is 34.5 Å². The molecule has 0 bridgehead atoms. The number of pyridine rings is 1. The summed E-state index contributed by atoms with van der Waals surface area (Å²) in [5, 5.41) is 1.22. The molecule has 4 nitrogen and oxygen atoms in total. The van der Waals surface area contributed by atoms with Crippen molar-refractivity contribution in [2.75, 3.05) is 7.11 Å². The third-order valence-corrected chi connectivity index (χ3v) is 5.33. The molecule has 0 radical (unpaired) electrons. The Morgan fingerprint density at radius 1 is 1.21 bits per heavy atom. The second-order valence-electron chi connectivity index (χ2n) is 7.03. The zero-order valence-electron chi connectivity index (χ0n) is 16.0. The number of fused-ring (bicyclic) bond motifs is 1. The van der Waals surface area contributed by atoms with Gasteiger partial charge in [-0.15, -0.1) is 0 Å². The fraction of sp³-hybridized carbons (Fsp3) is 0.217. The van der Waals surface area contributed by atoms with Crippen LogP contribution in [0.3, 0.4) is 0 Å². The summed E-state index contributed by atoms with van der Waals surface area (Å²) in [7, 11) is 1.60. The third kappa shape index (κ3) is 3.36. The predicted molar refractivity (Wildman–Crippen MR) is 111 cm³/mol. The fourth-order valence-electron chi connectivity index (χ4n) is 3.63. The van der Waals surface area contributed by atoms with Crippen LogP contribution >= 0.6 is 11.6 Å². The van der Waals surface area contributed by atoms with Crippen LogP contribution in [0.1, 0.15) is 34.8 Å². The Morgan fingerprint density at radius 2 is 2.04 bits per heavy atom. The fourth-order valence-corrected chi connectivity index (χ4v) is 3.82. The van der Waals surface area contributed by atoms with Gasteiger partial charge in [0.1, 0.15) is 22.5 Å². The molecule has 1 aliphatic heterocycles. The minimum atomic E-state index is -0.313. The Hall–Kier alpha value is -2.85. The van der Waals surface area contributed by atoms with Crippen LogP contribution in [0.15, 0.2) is 48.0 Å². The zero-order chi connectivity index (χ0) is 19.8. The van der Waals surface area contributed by atoms with Crippen molar-refractivity contribution in [1.29, 1.82) is 0 Å². The summed E-state index contributed by atoms with van der Waals surface area (Å²) in [4.78, 5) is 16.9. The first-order valence-electron chi connectivity index (χ1n) is 9.08. The summed E-state index contributed by atoms with van der Waals surface area (Å²) in [6.07, 6.45) is 2.02. The minimum absolute atomic E-state index is 0.272. The standard InChI is InChI=1S/C23H20ClNO3/c1-13-7-8-18(14(2)9-13)20-12-17(23(26)28-20)11-16-10-15-5-4-6-19(27-3)21(15)25-22(16)24/h4-11,20H,12H2,1-3H3/b17-11-. The van der Waals surface area contributed by atoms with Gasteiger partial charge >= 0.3 is 5.97 Å². The lowest BCUT2D eigenvalue weighted by Gasteiger charge is -2.12. The second kappa shape index (κ2) is 7.28. The molecule has 0 aliphatic carbocycles. The number of halogens is 1. The number of esters is 1. The van der Waals surface area contributed by atoms with Gasteiger partial charge in [0, 0.05) is 22.9 Å². The number of hydrogen-bond donors (Lipinski definition) is 0. The maximum absolute atomic E-state index is 12.4. The largest absolute Gasteiger partial charge is 0.494 e. The number of aryl methyl sites for hydroxylation is 2. The van der Waals surface area contributed by atoms with Crippen molar-refractivity contribution < 1.29 is 14.3 Å². The van der Waals surface area contributed by atoms with Gasteiger partial charge in [-0.1, -0.05) is 47.5 Å². The van der Waals surface area contributed by atoms with Gasteiger partial charge in [0.05, 0.1) is 7.11 Å². The van der Waals surface area contributed by atoms with Crippen molar-refractivity contribution in [3.05, 3.63) is 75.4 Å². The lowest BCUT2D eigenvalue weighted by Crippen LogP contribution is -2.01. The van der Waals surface area contributed by atoms with Crippen LogP contribution < -0.4 is 4.74 Å². The highest BCUT2D eigenvalue weighted by Crippen LogP contribution is 2.37. The second-order valence-corrected chi connectivity index (χ2v) is 7.39. The number of para-hydroxylation sites is 1. The molecular weight excluding hydrogens is 374 g/mol. The number of benzene rings is 2. The highest BCUT2D eigenvalue weighted by Gasteiger charge is 2.31. The van der Waals surface area contributed by atoms with Gasteiger partial charge in [0.2, 0.25) is 0 Å². The Labute approximate surface area is 168 Å². The summed E-state index contributed by atoms with van der Waals surface area (Å²) < 4.78 is 11.0. The van der Waals surface area contributed by atoms with Crippen molar-refractivity contribution in [3.8, 4) is 5.75 Å². The zero-order valence-corrected chi connectivity index (χ0v) is 16.7. The van der Waals surface area contributed by atoms with Crippen molar-refractivity contribution in [3.63, 3.8) is 0 Å². The number of carbonyl (C=O) groups excluding carboxylic acids is 1. The molecule has 0 N–H and O–H groups in total. The molecule has 0 saturated carbocycles. The number of ether oxygens (including phenoxy) is 2. The monoisotopic (exact) mass is 393 g/mol. The van der Waals surface area contributed by atoms with Gasteiger partial charge in [-0.05, 0) is 43.2 Å². The SMILES string of the molecule is COc1cccc2cc(/C=C3/CC(c4ccc(C)cc4C)OC3=O)c(Cl)nc12. The van der Waals surface area contributed by atoms with E-state index in [0.29, 0.717) is 34.0 Å². The van der Waals surface area contributed by atoms with Gasteiger partial charge in [-0.25, -0.2) is 9.78 Å². The first-order chi connectivity index (χ1) is 13.5. The van der Waals surface area contributed by atoms with E-state index in [1.54, 1.807) is 13.2 Å². The van der Waals surface area contributed by atoms with Gasteiger partial charge in [-0.3, -0.25) is 0 Å². The molecule has 0 spiro atoms. The van der Waals surface area contributed by atoms with E-state index in [2.05, 4.69) is 11.1 Å². The van der Waals surface area contributed by atoms with E-state index in [1.807, 2.05) is 50.2 Å². The van der Waals surface area contributed by atoms with Crippen LogP contribution in [0.5, 0.6) is 5.75 Å². The molecule has 1 fully saturated rings. The molecule has 1 aromatic heterocycles. The van der Waals surface area contributed by atoms with Gasteiger partial charge < -0.3 is 9.47 Å². The Bertz CT molecular complexity index is 1120. The molecule has 28 heavy (non-hydrogen) atoms. The van der Waals surface area contributed by atoms with Crippen LogP contribution in [-0.4, -0.2) is 18.1 Å². The topological polar surface area (TPSA) is 48.4 Å². The van der Waals surface area contributed by atoms with Crippen LogP contribution in [0, 0.1) is 13.8 Å². The van der Waals surface area contributed by atoms with Crippen LogP contribution in [0.2, 0.25) is 5.15 Å². The van der Waals surface area contributed by atoms with E-state index in [-0.39, 0.29) is 12.1 Å². The number of methoxy groups -OCH3 is 1. The molecule has 5 heteroatoms. The smallest absolute Gasteiger partial charge is 0.334 e.